The third kappa shape index (κ3) is 4.48. The van der Waals surface area contributed by atoms with Crippen LogP contribution in [-0.4, -0.2) is 45.8 Å². The van der Waals surface area contributed by atoms with Crippen molar-refractivity contribution in [3.05, 3.63) is 54.6 Å². The first-order valence-electron chi connectivity index (χ1n) is 9.01. The zero-order valence-corrected chi connectivity index (χ0v) is 16.4. The lowest BCUT2D eigenvalue weighted by Crippen LogP contribution is -2.41. The maximum atomic E-state index is 12.7. The quantitative estimate of drug-likeness (QED) is 0.857. The molecule has 0 aromatic heterocycles. The number of carbonyl (C=O) groups excluding carboxylic acids is 1. The van der Waals surface area contributed by atoms with Crippen LogP contribution in [-0.2, 0) is 14.8 Å². The summed E-state index contributed by atoms with van der Waals surface area (Å²) in [5.74, 6) is -0.231. The third-order valence-corrected chi connectivity index (χ3v) is 6.77. The number of amides is 1. The first-order valence-corrected chi connectivity index (χ1v) is 10.5. The first-order chi connectivity index (χ1) is 12.9. The van der Waals surface area contributed by atoms with E-state index >= 15 is 0 Å². The molecule has 7 heteroatoms. The number of piperidine rings is 1. The molecule has 0 aliphatic carbocycles. The minimum absolute atomic E-state index is 0.0515. The molecule has 1 fully saturated rings. The number of hydrogen-bond acceptors (Lipinski definition) is 4. The molecule has 2 aromatic rings. The Morgan fingerprint density at radius 1 is 1.00 bits per heavy atom. The van der Waals surface area contributed by atoms with Crippen molar-refractivity contribution in [2.24, 2.45) is 5.92 Å². The molecule has 1 amide bonds. The fourth-order valence-electron chi connectivity index (χ4n) is 3.19. The number of anilines is 2. The Kier molecular flexibility index (Phi) is 5.82. The number of benzene rings is 2. The van der Waals surface area contributed by atoms with E-state index < -0.39 is 10.0 Å². The maximum absolute atomic E-state index is 12.7. The average molecular weight is 388 g/mol. The Bertz CT molecular complexity index is 872. The number of nitrogens with zero attached hydrogens (tertiary/aromatic N) is 2. The highest BCUT2D eigenvalue weighted by atomic mass is 32.2. The molecule has 144 valence electrons. The fraction of sp³-hybridized carbons (Fsp3) is 0.350. The van der Waals surface area contributed by atoms with Gasteiger partial charge in [0.05, 0.1) is 4.90 Å². The normalized spacial score (nSPS) is 16.1. The molecule has 0 atom stereocenters. The van der Waals surface area contributed by atoms with E-state index in [2.05, 4.69) is 5.32 Å². The topological polar surface area (TPSA) is 69.7 Å². The summed E-state index contributed by atoms with van der Waals surface area (Å²) in [4.78, 5) is 14.8. The summed E-state index contributed by atoms with van der Waals surface area (Å²) in [5, 5.41) is 2.94. The third-order valence-electron chi connectivity index (χ3n) is 4.86. The van der Waals surface area contributed by atoms with E-state index in [1.165, 1.54) is 4.31 Å². The predicted octanol–water partition coefficient (Wildman–Crippen LogP) is 2.79. The highest BCUT2D eigenvalue weighted by molar-refractivity contribution is 7.89. The van der Waals surface area contributed by atoms with Gasteiger partial charge in [-0.25, -0.2) is 8.42 Å². The summed E-state index contributed by atoms with van der Waals surface area (Å²) in [7, 11) is 0.440. The van der Waals surface area contributed by atoms with Crippen molar-refractivity contribution < 1.29 is 13.2 Å². The van der Waals surface area contributed by atoms with Gasteiger partial charge >= 0.3 is 0 Å². The molecule has 6 nitrogen and oxygen atoms in total. The summed E-state index contributed by atoms with van der Waals surface area (Å²) in [5.41, 5.74) is 1.82. The molecule has 0 spiro atoms. The van der Waals surface area contributed by atoms with Crippen molar-refractivity contribution in [3.63, 3.8) is 0 Å². The van der Waals surface area contributed by atoms with E-state index in [0.29, 0.717) is 30.8 Å². The highest BCUT2D eigenvalue weighted by Crippen LogP contribution is 2.25. The molecule has 1 heterocycles. The first kappa shape index (κ1) is 19.4. The Balaban J connectivity index is 1.58. The summed E-state index contributed by atoms with van der Waals surface area (Å²) < 4.78 is 26.8. The van der Waals surface area contributed by atoms with Crippen LogP contribution in [0.1, 0.15) is 12.8 Å². The SMILES string of the molecule is CN(C)c1ccc(NC(=O)C2CCN(S(=O)(=O)c3ccccc3)CC2)cc1. The molecule has 2 aromatic carbocycles. The summed E-state index contributed by atoms with van der Waals surface area (Å²) in [6.07, 6.45) is 1.04. The number of sulfonamides is 1. The zero-order chi connectivity index (χ0) is 19.4. The lowest BCUT2D eigenvalue weighted by Gasteiger charge is -2.30. The van der Waals surface area contributed by atoms with Crippen LogP contribution in [0.25, 0.3) is 0 Å². The molecule has 0 saturated carbocycles. The number of nitrogens with one attached hydrogen (secondary N) is 1. The van der Waals surface area contributed by atoms with Gasteiger partial charge < -0.3 is 10.2 Å². The lowest BCUT2D eigenvalue weighted by atomic mass is 9.97. The van der Waals surface area contributed by atoms with Crippen molar-refractivity contribution in [2.75, 3.05) is 37.4 Å². The van der Waals surface area contributed by atoms with E-state index in [-0.39, 0.29) is 11.8 Å². The van der Waals surface area contributed by atoms with Gasteiger partial charge in [0, 0.05) is 44.5 Å². The minimum Gasteiger partial charge on any atom is -0.378 e. The van der Waals surface area contributed by atoms with E-state index in [1.807, 2.05) is 43.3 Å². The largest absolute Gasteiger partial charge is 0.378 e. The average Bonchev–Trinajstić information content (AvgIpc) is 2.69. The molecule has 0 radical (unpaired) electrons. The van der Waals surface area contributed by atoms with Crippen LogP contribution in [0.4, 0.5) is 11.4 Å². The van der Waals surface area contributed by atoms with Crippen molar-refractivity contribution >= 4 is 27.3 Å². The minimum atomic E-state index is -3.49. The number of rotatable bonds is 5. The molecule has 1 aliphatic rings. The van der Waals surface area contributed by atoms with Crippen LogP contribution in [0.3, 0.4) is 0 Å². The predicted molar refractivity (Wildman–Crippen MR) is 107 cm³/mol. The monoisotopic (exact) mass is 387 g/mol. The molecule has 3 rings (SSSR count). The van der Waals surface area contributed by atoms with Gasteiger partial charge in [0.2, 0.25) is 15.9 Å². The fourth-order valence-corrected chi connectivity index (χ4v) is 4.68. The van der Waals surface area contributed by atoms with Gasteiger partial charge in [-0.1, -0.05) is 18.2 Å². The van der Waals surface area contributed by atoms with Crippen molar-refractivity contribution in [3.8, 4) is 0 Å². The lowest BCUT2D eigenvalue weighted by molar-refractivity contribution is -0.120. The van der Waals surface area contributed by atoms with Crippen molar-refractivity contribution in [1.29, 1.82) is 0 Å². The molecular weight excluding hydrogens is 362 g/mol. The van der Waals surface area contributed by atoms with E-state index in [9.17, 15) is 13.2 Å². The molecule has 27 heavy (non-hydrogen) atoms. The standard InChI is InChI=1S/C20H25N3O3S/c1-22(2)18-10-8-17(9-11-18)21-20(24)16-12-14-23(15-13-16)27(25,26)19-6-4-3-5-7-19/h3-11,16H,12-15H2,1-2H3,(H,21,24). The van der Waals surface area contributed by atoms with Gasteiger partial charge in [-0.2, -0.15) is 4.31 Å². The molecule has 1 N–H and O–H groups in total. The Morgan fingerprint density at radius 3 is 2.15 bits per heavy atom. The summed E-state index contributed by atoms with van der Waals surface area (Å²) in [6.45, 7) is 0.712. The van der Waals surface area contributed by atoms with Gasteiger partial charge in [0.25, 0.3) is 0 Å². The Morgan fingerprint density at radius 2 is 1.59 bits per heavy atom. The molecular formula is C20H25N3O3S. The van der Waals surface area contributed by atoms with E-state index in [4.69, 9.17) is 0 Å². The van der Waals surface area contributed by atoms with Gasteiger partial charge in [-0.05, 0) is 49.2 Å². The number of hydrogen-bond donors (Lipinski definition) is 1. The van der Waals surface area contributed by atoms with Gasteiger partial charge in [-0.15, -0.1) is 0 Å². The van der Waals surface area contributed by atoms with E-state index in [0.717, 1.165) is 11.4 Å². The Labute approximate surface area is 160 Å². The maximum Gasteiger partial charge on any atom is 0.243 e. The van der Waals surface area contributed by atoms with Crippen molar-refractivity contribution in [1.82, 2.24) is 4.31 Å². The van der Waals surface area contributed by atoms with Crippen LogP contribution in [0.15, 0.2) is 59.5 Å². The second-order valence-electron chi connectivity index (χ2n) is 6.92. The second-order valence-corrected chi connectivity index (χ2v) is 8.86. The van der Waals surface area contributed by atoms with Gasteiger partial charge in [-0.3, -0.25) is 4.79 Å². The van der Waals surface area contributed by atoms with Crippen LogP contribution in [0.5, 0.6) is 0 Å². The van der Waals surface area contributed by atoms with Gasteiger partial charge in [0.15, 0.2) is 0 Å². The number of carbonyl (C=O) groups is 1. The van der Waals surface area contributed by atoms with Crippen LogP contribution in [0, 0.1) is 5.92 Å². The second kappa shape index (κ2) is 8.10. The molecule has 0 unspecified atom stereocenters. The highest BCUT2D eigenvalue weighted by Gasteiger charge is 2.32. The van der Waals surface area contributed by atoms with Crippen LogP contribution < -0.4 is 10.2 Å². The smallest absolute Gasteiger partial charge is 0.243 e. The summed E-state index contributed by atoms with van der Waals surface area (Å²) in [6, 6.07) is 16.1. The van der Waals surface area contributed by atoms with Gasteiger partial charge in [0.1, 0.15) is 0 Å². The zero-order valence-electron chi connectivity index (χ0n) is 15.6. The molecule has 0 bridgehead atoms. The molecule has 1 saturated heterocycles. The van der Waals surface area contributed by atoms with Crippen molar-refractivity contribution in [2.45, 2.75) is 17.7 Å². The summed E-state index contributed by atoms with van der Waals surface area (Å²) >= 11 is 0. The van der Waals surface area contributed by atoms with E-state index in [1.54, 1.807) is 30.3 Å². The van der Waals surface area contributed by atoms with Crippen LogP contribution >= 0.6 is 0 Å². The Hall–Kier alpha value is -2.38. The molecule has 1 aliphatic heterocycles. The van der Waals surface area contributed by atoms with Crippen LogP contribution in [0.2, 0.25) is 0 Å².